The van der Waals surface area contributed by atoms with Crippen molar-refractivity contribution in [3.8, 4) is 0 Å². The minimum absolute atomic E-state index is 0. The molecule has 0 spiro atoms. The van der Waals surface area contributed by atoms with Gasteiger partial charge in [-0.05, 0) is 38.1 Å². The van der Waals surface area contributed by atoms with Gasteiger partial charge in [0.25, 0.3) is 0 Å². The quantitative estimate of drug-likeness (QED) is 0.316. The van der Waals surface area contributed by atoms with Gasteiger partial charge in [-0.2, -0.15) is 0 Å². The van der Waals surface area contributed by atoms with Crippen molar-refractivity contribution in [2.75, 3.05) is 25.0 Å². The van der Waals surface area contributed by atoms with Crippen LogP contribution in [0.1, 0.15) is 17.6 Å². The number of aryl methyl sites for hydroxylation is 1. The monoisotopic (exact) mass is 491 g/mol. The number of amides is 1. The van der Waals surface area contributed by atoms with E-state index in [1.54, 1.807) is 11.3 Å². The van der Waals surface area contributed by atoms with Crippen LogP contribution >= 0.6 is 35.3 Å². The molecule has 9 heteroatoms. The molecule has 0 saturated carbocycles. The van der Waals surface area contributed by atoms with E-state index in [0.717, 1.165) is 17.1 Å². The second-order valence-electron chi connectivity index (χ2n) is 5.28. The number of hydrogen-bond donors (Lipinski definition) is 3. The highest BCUT2D eigenvalue weighted by Crippen LogP contribution is 2.08. The number of hydrogen-bond acceptors (Lipinski definition) is 4. The summed E-state index contributed by atoms with van der Waals surface area (Å²) < 4.78 is 12.9. The first-order chi connectivity index (χ1) is 12.1. The number of carbonyl (C=O) groups excluding carboxylic acids is 1. The molecule has 1 amide bonds. The second kappa shape index (κ2) is 11.8. The summed E-state index contributed by atoms with van der Waals surface area (Å²) in [5, 5.41) is 12.0. The lowest BCUT2D eigenvalue weighted by atomic mass is 10.3. The summed E-state index contributed by atoms with van der Waals surface area (Å²) in [5.74, 6) is -0.0346. The highest BCUT2D eigenvalue weighted by molar-refractivity contribution is 14.0. The van der Waals surface area contributed by atoms with Crippen LogP contribution < -0.4 is 16.0 Å². The van der Waals surface area contributed by atoms with E-state index in [0.29, 0.717) is 24.7 Å². The topological polar surface area (TPSA) is 78.4 Å². The van der Waals surface area contributed by atoms with E-state index in [9.17, 15) is 9.18 Å². The maximum Gasteiger partial charge on any atom is 0.246 e. The Kier molecular flexibility index (Phi) is 10.1. The number of halogens is 2. The highest BCUT2D eigenvalue weighted by Gasteiger charge is 2.04. The van der Waals surface area contributed by atoms with Crippen molar-refractivity contribution in [3.05, 3.63) is 46.2 Å². The minimum Gasteiger partial charge on any atom is -0.357 e. The van der Waals surface area contributed by atoms with E-state index in [-0.39, 0.29) is 42.2 Å². The molecule has 0 atom stereocenters. The molecular formula is C17H23FIN5OS. The predicted molar refractivity (Wildman–Crippen MR) is 115 cm³/mol. The first kappa shape index (κ1) is 22.3. The van der Waals surface area contributed by atoms with Crippen molar-refractivity contribution in [2.45, 2.75) is 20.3 Å². The van der Waals surface area contributed by atoms with Crippen molar-refractivity contribution in [3.63, 3.8) is 0 Å². The normalized spacial score (nSPS) is 10.8. The van der Waals surface area contributed by atoms with Gasteiger partial charge in [-0.3, -0.25) is 4.79 Å². The highest BCUT2D eigenvalue weighted by atomic mass is 127. The molecule has 0 unspecified atom stereocenters. The molecule has 1 heterocycles. The lowest BCUT2D eigenvalue weighted by Gasteiger charge is -2.10. The van der Waals surface area contributed by atoms with E-state index >= 15 is 0 Å². The zero-order valence-corrected chi connectivity index (χ0v) is 17.9. The molecule has 3 N–H and O–H groups in total. The number of aromatic nitrogens is 1. The largest absolute Gasteiger partial charge is 0.357 e. The summed E-state index contributed by atoms with van der Waals surface area (Å²) in [6.45, 7) is 5.28. The van der Waals surface area contributed by atoms with Gasteiger partial charge >= 0.3 is 0 Å². The number of guanidine groups is 1. The fraction of sp³-hybridized carbons (Fsp3) is 0.353. The second-order valence-corrected chi connectivity index (χ2v) is 6.35. The summed E-state index contributed by atoms with van der Waals surface area (Å²) in [7, 11) is 0. The molecule has 0 aliphatic heterocycles. The number of aliphatic imine (C=N–C) groups is 1. The molecule has 1 aromatic heterocycles. The smallest absolute Gasteiger partial charge is 0.246 e. The van der Waals surface area contributed by atoms with Crippen LogP contribution in [0.5, 0.6) is 0 Å². The molecule has 1 aromatic carbocycles. The molecule has 142 valence electrons. The van der Waals surface area contributed by atoms with Gasteiger partial charge in [-0.1, -0.05) is 0 Å². The fourth-order valence-corrected chi connectivity index (χ4v) is 2.71. The average Bonchev–Trinajstić information content (AvgIpc) is 3.00. The Labute approximate surface area is 173 Å². The lowest BCUT2D eigenvalue weighted by molar-refractivity contribution is -0.114. The van der Waals surface area contributed by atoms with Gasteiger partial charge in [0.15, 0.2) is 5.96 Å². The van der Waals surface area contributed by atoms with Crippen LogP contribution in [0.25, 0.3) is 0 Å². The van der Waals surface area contributed by atoms with Gasteiger partial charge in [-0.15, -0.1) is 35.3 Å². The molecule has 0 saturated heterocycles. The molecule has 0 fully saturated rings. The van der Waals surface area contributed by atoms with Gasteiger partial charge in [0.2, 0.25) is 5.91 Å². The number of nitrogens with zero attached hydrogens (tertiary/aromatic N) is 2. The lowest BCUT2D eigenvalue weighted by Crippen LogP contribution is -2.39. The summed E-state index contributed by atoms with van der Waals surface area (Å²) in [4.78, 5) is 20.6. The maximum atomic E-state index is 12.9. The predicted octanol–water partition coefficient (Wildman–Crippen LogP) is 2.94. The number of anilines is 1. The van der Waals surface area contributed by atoms with Crippen LogP contribution in [0.15, 0.2) is 34.6 Å². The summed E-state index contributed by atoms with van der Waals surface area (Å²) in [5.41, 5.74) is 1.58. The van der Waals surface area contributed by atoms with E-state index in [4.69, 9.17) is 0 Å². The zero-order chi connectivity index (χ0) is 18.1. The van der Waals surface area contributed by atoms with Crippen LogP contribution in [-0.4, -0.2) is 36.5 Å². The third-order valence-electron chi connectivity index (χ3n) is 3.19. The average molecular weight is 491 g/mol. The Morgan fingerprint density at radius 1 is 1.27 bits per heavy atom. The third kappa shape index (κ3) is 8.09. The van der Waals surface area contributed by atoms with Gasteiger partial charge in [0, 0.05) is 30.6 Å². The first-order valence-corrected chi connectivity index (χ1v) is 8.93. The number of thiazole rings is 1. The number of rotatable bonds is 7. The summed E-state index contributed by atoms with van der Waals surface area (Å²) in [6, 6.07) is 5.61. The Morgan fingerprint density at radius 3 is 2.62 bits per heavy atom. The van der Waals surface area contributed by atoms with E-state index in [1.165, 1.54) is 24.3 Å². The van der Waals surface area contributed by atoms with Crippen LogP contribution in [0.3, 0.4) is 0 Å². The molecule has 0 aliphatic carbocycles. The zero-order valence-electron chi connectivity index (χ0n) is 14.7. The van der Waals surface area contributed by atoms with Crippen LogP contribution in [0, 0.1) is 12.7 Å². The molecule has 6 nitrogen and oxygen atoms in total. The molecule has 26 heavy (non-hydrogen) atoms. The van der Waals surface area contributed by atoms with Crippen LogP contribution in [0.4, 0.5) is 10.1 Å². The SMILES string of the molecule is CCNC(=NCC(=O)Nc1ccc(F)cc1)NCCc1csc(C)n1.I. The number of carbonyl (C=O) groups is 1. The molecule has 2 aromatic rings. The molecule has 2 rings (SSSR count). The minimum atomic E-state index is -0.343. The van der Waals surface area contributed by atoms with E-state index in [1.807, 2.05) is 19.2 Å². The van der Waals surface area contributed by atoms with E-state index in [2.05, 4.69) is 25.9 Å². The summed E-state index contributed by atoms with van der Waals surface area (Å²) in [6.07, 6.45) is 0.788. The third-order valence-corrected chi connectivity index (χ3v) is 4.02. The molecule has 0 bridgehead atoms. The fourth-order valence-electron chi connectivity index (χ4n) is 2.06. The standard InChI is InChI=1S/C17H22FN5OS.HI/c1-3-19-17(20-9-8-15-11-25-12(2)22-15)21-10-16(24)23-14-6-4-13(18)5-7-14;/h4-7,11H,3,8-10H2,1-2H3,(H,23,24)(H2,19,20,21);1H. The van der Waals surface area contributed by atoms with Crippen molar-refractivity contribution in [1.29, 1.82) is 0 Å². The molecule has 0 radical (unpaired) electrons. The maximum absolute atomic E-state index is 12.9. The molecular weight excluding hydrogens is 468 g/mol. The van der Waals surface area contributed by atoms with Gasteiger partial charge in [0.1, 0.15) is 12.4 Å². The Morgan fingerprint density at radius 2 is 2.00 bits per heavy atom. The van der Waals surface area contributed by atoms with Crippen molar-refractivity contribution >= 4 is 52.9 Å². The van der Waals surface area contributed by atoms with Crippen LogP contribution in [-0.2, 0) is 11.2 Å². The first-order valence-electron chi connectivity index (χ1n) is 8.05. The van der Waals surface area contributed by atoms with Crippen molar-refractivity contribution < 1.29 is 9.18 Å². The van der Waals surface area contributed by atoms with Crippen LogP contribution in [0.2, 0.25) is 0 Å². The van der Waals surface area contributed by atoms with E-state index < -0.39 is 0 Å². The van der Waals surface area contributed by atoms with Gasteiger partial charge in [0.05, 0.1) is 10.7 Å². The molecule has 0 aliphatic rings. The number of nitrogens with one attached hydrogen (secondary N) is 3. The Balaban J connectivity index is 0.00000338. The Bertz CT molecular complexity index is 720. The van der Waals surface area contributed by atoms with Gasteiger partial charge < -0.3 is 16.0 Å². The van der Waals surface area contributed by atoms with Gasteiger partial charge in [-0.25, -0.2) is 14.4 Å². The van der Waals surface area contributed by atoms with Crippen molar-refractivity contribution in [1.82, 2.24) is 15.6 Å². The Hall–Kier alpha value is -1.75. The summed E-state index contributed by atoms with van der Waals surface area (Å²) >= 11 is 1.63. The van der Waals surface area contributed by atoms with Crippen molar-refractivity contribution in [2.24, 2.45) is 4.99 Å². The number of benzene rings is 1.